The number of aromatic nitrogens is 1. The van der Waals surface area contributed by atoms with Crippen molar-refractivity contribution in [3.63, 3.8) is 0 Å². The first-order chi connectivity index (χ1) is 9.13. The van der Waals surface area contributed by atoms with E-state index in [9.17, 15) is 4.79 Å². The summed E-state index contributed by atoms with van der Waals surface area (Å²) in [5, 5.41) is 8.84. The molecule has 94 valence electrons. The summed E-state index contributed by atoms with van der Waals surface area (Å²) >= 11 is 0. The third-order valence-electron chi connectivity index (χ3n) is 2.79. The molecule has 0 amide bonds. The lowest BCUT2D eigenvalue weighted by molar-refractivity contribution is 0.0697. The maximum atomic E-state index is 10.8. The number of hydrogen-bond acceptors (Lipinski definition) is 4. The zero-order valence-electron chi connectivity index (χ0n) is 9.83. The van der Waals surface area contributed by atoms with Crippen molar-refractivity contribution >= 4 is 22.8 Å². The predicted molar refractivity (Wildman–Crippen MR) is 70.8 cm³/mol. The minimum absolute atomic E-state index is 0.226. The van der Waals surface area contributed by atoms with Gasteiger partial charge in [0.25, 0.3) is 0 Å². The summed E-state index contributed by atoms with van der Waals surface area (Å²) in [5.74, 6) is -0.519. The van der Waals surface area contributed by atoms with Crippen LogP contribution in [0.3, 0.4) is 0 Å². The van der Waals surface area contributed by atoms with E-state index in [1.54, 1.807) is 30.3 Å². The Morgan fingerprint density at radius 2 is 1.89 bits per heavy atom. The molecule has 0 radical (unpaired) electrons. The van der Waals surface area contributed by atoms with Crippen molar-refractivity contribution in [2.45, 2.75) is 0 Å². The minimum Gasteiger partial charge on any atom is -0.478 e. The predicted octanol–water partition coefficient (Wildman–Crippen LogP) is 2.78. The number of rotatable bonds is 2. The maximum absolute atomic E-state index is 10.8. The number of oxazole rings is 1. The van der Waals surface area contributed by atoms with Crippen molar-refractivity contribution in [2.24, 2.45) is 0 Å². The summed E-state index contributed by atoms with van der Waals surface area (Å²) in [6.07, 6.45) is 0. The van der Waals surface area contributed by atoms with Gasteiger partial charge < -0.3 is 15.3 Å². The van der Waals surface area contributed by atoms with Gasteiger partial charge in [-0.25, -0.2) is 9.78 Å². The van der Waals surface area contributed by atoms with E-state index in [1.807, 2.05) is 0 Å². The molecule has 1 aromatic heterocycles. The van der Waals surface area contributed by atoms with Crippen LogP contribution >= 0.6 is 0 Å². The maximum Gasteiger partial charge on any atom is 0.335 e. The van der Waals surface area contributed by atoms with Gasteiger partial charge in [-0.3, -0.25) is 0 Å². The SMILES string of the molecule is Nc1ccc2oc(-c3ccc(C(=O)O)cc3)nc2c1. The molecule has 0 spiro atoms. The highest BCUT2D eigenvalue weighted by Crippen LogP contribution is 2.25. The second kappa shape index (κ2) is 4.13. The van der Waals surface area contributed by atoms with Gasteiger partial charge in [0.15, 0.2) is 5.58 Å². The standard InChI is InChI=1S/C14H10N2O3/c15-10-5-6-12-11(7-10)16-13(19-12)8-1-3-9(4-2-8)14(17)18/h1-7H,15H2,(H,17,18). The van der Waals surface area contributed by atoms with Crippen molar-refractivity contribution in [2.75, 3.05) is 5.73 Å². The molecule has 1 heterocycles. The van der Waals surface area contributed by atoms with Crippen LogP contribution < -0.4 is 5.73 Å². The molecule has 0 saturated carbocycles. The molecule has 0 atom stereocenters. The van der Waals surface area contributed by atoms with E-state index >= 15 is 0 Å². The fourth-order valence-electron chi connectivity index (χ4n) is 1.82. The van der Waals surface area contributed by atoms with E-state index in [4.69, 9.17) is 15.3 Å². The molecule has 0 aliphatic rings. The minimum atomic E-state index is -0.961. The second-order valence-corrected chi connectivity index (χ2v) is 4.13. The molecule has 3 aromatic rings. The second-order valence-electron chi connectivity index (χ2n) is 4.13. The third kappa shape index (κ3) is 2.01. The number of benzene rings is 2. The van der Waals surface area contributed by atoms with Crippen LogP contribution in [0.1, 0.15) is 10.4 Å². The molecule has 0 saturated heterocycles. The number of hydrogen-bond donors (Lipinski definition) is 2. The zero-order chi connectivity index (χ0) is 13.4. The van der Waals surface area contributed by atoms with E-state index in [2.05, 4.69) is 4.98 Å². The molecule has 3 N–H and O–H groups in total. The molecule has 0 bridgehead atoms. The number of aromatic carboxylic acids is 1. The average Bonchev–Trinajstić information content (AvgIpc) is 2.81. The summed E-state index contributed by atoms with van der Waals surface area (Å²) < 4.78 is 5.60. The van der Waals surface area contributed by atoms with Crippen LogP contribution in [-0.2, 0) is 0 Å². The Kier molecular flexibility index (Phi) is 2.45. The van der Waals surface area contributed by atoms with E-state index in [0.29, 0.717) is 22.7 Å². The number of nitrogens with zero attached hydrogens (tertiary/aromatic N) is 1. The Bertz CT molecular complexity index is 760. The Hall–Kier alpha value is -2.82. The number of carbonyl (C=O) groups is 1. The number of fused-ring (bicyclic) bond motifs is 1. The van der Waals surface area contributed by atoms with Crippen molar-refractivity contribution in [3.8, 4) is 11.5 Å². The van der Waals surface area contributed by atoms with Crippen LogP contribution in [0, 0.1) is 0 Å². The summed E-state index contributed by atoms with van der Waals surface area (Å²) in [5.41, 5.74) is 8.57. The van der Waals surface area contributed by atoms with Gasteiger partial charge in [0.2, 0.25) is 5.89 Å². The summed E-state index contributed by atoms with van der Waals surface area (Å²) in [4.78, 5) is 15.1. The molecule has 0 aliphatic heterocycles. The Morgan fingerprint density at radius 1 is 1.16 bits per heavy atom. The molecule has 0 fully saturated rings. The zero-order valence-corrected chi connectivity index (χ0v) is 9.83. The molecule has 5 heteroatoms. The summed E-state index contributed by atoms with van der Waals surface area (Å²) in [6.45, 7) is 0. The largest absolute Gasteiger partial charge is 0.478 e. The number of nitrogen functional groups attached to an aromatic ring is 1. The molecule has 5 nitrogen and oxygen atoms in total. The van der Waals surface area contributed by atoms with Crippen LogP contribution in [0.25, 0.3) is 22.6 Å². The van der Waals surface area contributed by atoms with Crippen LogP contribution in [0.15, 0.2) is 46.9 Å². The molecule has 0 aliphatic carbocycles. The Morgan fingerprint density at radius 3 is 2.58 bits per heavy atom. The van der Waals surface area contributed by atoms with E-state index < -0.39 is 5.97 Å². The van der Waals surface area contributed by atoms with Crippen LogP contribution in [0.4, 0.5) is 5.69 Å². The lowest BCUT2D eigenvalue weighted by atomic mass is 10.1. The lowest BCUT2D eigenvalue weighted by Gasteiger charge is -1.96. The monoisotopic (exact) mass is 254 g/mol. The number of nitrogens with two attached hydrogens (primary N) is 1. The Balaban J connectivity index is 2.06. The fraction of sp³-hybridized carbons (Fsp3) is 0. The highest BCUT2D eigenvalue weighted by atomic mass is 16.4. The van der Waals surface area contributed by atoms with E-state index in [-0.39, 0.29) is 5.56 Å². The van der Waals surface area contributed by atoms with Crippen LogP contribution in [0.5, 0.6) is 0 Å². The normalized spacial score (nSPS) is 10.7. The topological polar surface area (TPSA) is 89.3 Å². The smallest absolute Gasteiger partial charge is 0.335 e. The first-order valence-corrected chi connectivity index (χ1v) is 5.63. The van der Waals surface area contributed by atoms with Gasteiger partial charge in [0, 0.05) is 11.3 Å². The summed E-state index contributed by atoms with van der Waals surface area (Å²) in [7, 11) is 0. The molecular weight excluding hydrogens is 244 g/mol. The van der Waals surface area contributed by atoms with E-state index in [0.717, 1.165) is 5.56 Å². The molecular formula is C14H10N2O3. The van der Waals surface area contributed by atoms with Crippen molar-refractivity contribution in [1.29, 1.82) is 0 Å². The first kappa shape index (κ1) is 11.3. The summed E-state index contributed by atoms with van der Waals surface area (Å²) in [6, 6.07) is 11.6. The van der Waals surface area contributed by atoms with Crippen molar-refractivity contribution in [1.82, 2.24) is 4.98 Å². The third-order valence-corrected chi connectivity index (χ3v) is 2.79. The van der Waals surface area contributed by atoms with Gasteiger partial charge in [0.1, 0.15) is 5.52 Å². The molecule has 19 heavy (non-hydrogen) atoms. The van der Waals surface area contributed by atoms with Crippen LogP contribution in [-0.4, -0.2) is 16.1 Å². The van der Waals surface area contributed by atoms with Gasteiger partial charge in [-0.05, 0) is 42.5 Å². The molecule has 3 rings (SSSR count). The molecule has 0 unspecified atom stereocenters. The van der Waals surface area contributed by atoms with Gasteiger partial charge >= 0.3 is 5.97 Å². The highest BCUT2D eigenvalue weighted by Gasteiger charge is 2.09. The average molecular weight is 254 g/mol. The van der Waals surface area contributed by atoms with Crippen molar-refractivity contribution < 1.29 is 14.3 Å². The fourth-order valence-corrected chi connectivity index (χ4v) is 1.82. The van der Waals surface area contributed by atoms with Gasteiger partial charge in [-0.15, -0.1) is 0 Å². The Labute approximate surface area is 108 Å². The quantitative estimate of drug-likeness (QED) is 0.686. The van der Waals surface area contributed by atoms with Crippen LogP contribution in [0.2, 0.25) is 0 Å². The van der Waals surface area contributed by atoms with Gasteiger partial charge in [-0.2, -0.15) is 0 Å². The number of carboxylic acid groups (broad SMARTS) is 1. The van der Waals surface area contributed by atoms with Gasteiger partial charge in [0.05, 0.1) is 5.56 Å². The number of carboxylic acids is 1. The van der Waals surface area contributed by atoms with Gasteiger partial charge in [-0.1, -0.05) is 0 Å². The van der Waals surface area contributed by atoms with Crippen molar-refractivity contribution in [3.05, 3.63) is 48.0 Å². The first-order valence-electron chi connectivity index (χ1n) is 5.63. The lowest BCUT2D eigenvalue weighted by Crippen LogP contribution is -1.94. The number of anilines is 1. The molecule has 2 aromatic carbocycles. The highest BCUT2D eigenvalue weighted by molar-refractivity contribution is 5.88. The van der Waals surface area contributed by atoms with E-state index in [1.165, 1.54) is 12.1 Å².